The van der Waals surface area contributed by atoms with Gasteiger partial charge in [0, 0.05) is 17.5 Å². The molecule has 0 saturated heterocycles. The van der Waals surface area contributed by atoms with E-state index in [2.05, 4.69) is 15.6 Å². The summed E-state index contributed by atoms with van der Waals surface area (Å²) in [5.41, 5.74) is 9.04. The van der Waals surface area contributed by atoms with Gasteiger partial charge in [-0.1, -0.05) is 12.1 Å². The first-order valence-electron chi connectivity index (χ1n) is 7.43. The molecule has 1 atom stereocenters. The van der Waals surface area contributed by atoms with E-state index in [1.807, 2.05) is 23.7 Å². The number of allylic oxidation sites excluding steroid dienone is 2. The molecule has 1 aromatic carbocycles. The summed E-state index contributed by atoms with van der Waals surface area (Å²) in [6, 6.07) is 3.32. The topological polar surface area (TPSA) is 80.0 Å². The average molecular weight is 344 g/mol. The molecule has 5 nitrogen and oxygen atoms in total. The summed E-state index contributed by atoms with van der Waals surface area (Å²) in [4.78, 5) is 16.7. The van der Waals surface area contributed by atoms with Gasteiger partial charge >= 0.3 is 0 Å². The van der Waals surface area contributed by atoms with Gasteiger partial charge in [0.05, 0.1) is 5.69 Å². The highest BCUT2D eigenvalue weighted by molar-refractivity contribution is 7.14. The monoisotopic (exact) mass is 344 g/mol. The lowest BCUT2D eigenvalue weighted by atomic mass is 10.0. The Hall–Kier alpha value is -2.51. The van der Waals surface area contributed by atoms with Crippen molar-refractivity contribution in [2.45, 2.75) is 13.0 Å². The van der Waals surface area contributed by atoms with Crippen LogP contribution in [-0.2, 0) is 4.79 Å². The number of rotatable bonds is 4. The van der Waals surface area contributed by atoms with Crippen LogP contribution in [0.3, 0.4) is 0 Å². The average Bonchev–Trinajstić information content (AvgIpc) is 3.03. The number of anilines is 1. The second-order valence-electron chi connectivity index (χ2n) is 5.41. The molecule has 24 heavy (non-hydrogen) atoms. The number of thiazole rings is 1. The molecule has 0 saturated carbocycles. The third-order valence-corrected chi connectivity index (χ3v) is 4.46. The second kappa shape index (κ2) is 6.94. The van der Waals surface area contributed by atoms with Crippen LogP contribution in [0.1, 0.15) is 22.9 Å². The lowest BCUT2D eigenvalue weighted by molar-refractivity contribution is -0.117. The fraction of sp³-hybridized carbons (Fsp3) is 0.176. The molecule has 1 aliphatic heterocycles. The molecule has 0 radical (unpaired) electrons. The van der Waals surface area contributed by atoms with E-state index in [1.165, 1.54) is 29.5 Å². The molecular formula is C17H17FN4OS. The molecule has 7 heteroatoms. The van der Waals surface area contributed by atoms with Gasteiger partial charge in [0.1, 0.15) is 11.9 Å². The summed E-state index contributed by atoms with van der Waals surface area (Å²) in [5.74, 6) is -0.725. The number of benzene rings is 1. The lowest BCUT2D eigenvalue weighted by Crippen LogP contribution is -2.28. The van der Waals surface area contributed by atoms with Crippen molar-refractivity contribution < 1.29 is 9.18 Å². The number of aryl methyl sites for hydroxylation is 1. The zero-order valence-electron chi connectivity index (χ0n) is 13.0. The van der Waals surface area contributed by atoms with Crippen molar-refractivity contribution >= 4 is 27.9 Å². The van der Waals surface area contributed by atoms with E-state index >= 15 is 0 Å². The highest BCUT2D eigenvalue weighted by Gasteiger charge is 2.19. The van der Waals surface area contributed by atoms with Crippen LogP contribution in [0.15, 0.2) is 41.9 Å². The molecule has 1 amide bonds. The number of nitrogens with one attached hydrogen (secondary N) is 2. The Balaban J connectivity index is 1.71. The van der Waals surface area contributed by atoms with Crippen molar-refractivity contribution in [2.24, 2.45) is 5.73 Å². The third-order valence-electron chi connectivity index (χ3n) is 3.70. The van der Waals surface area contributed by atoms with Crippen molar-refractivity contribution in [3.8, 4) is 0 Å². The van der Waals surface area contributed by atoms with E-state index in [1.54, 1.807) is 6.92 Å². The third kappa shape index (κ3) is 3.52. The standard InChI is InChI=1S/C17H17FN4OS/c1-10-8-12(18)2-3-13(10)15(19)16(23)22-17-21-14(9-24-17)11-4-6-20-7-5-11/h2-6,8-9,15,20H,7,19H2,1H3,(H,21,22,23). The Kier molecular flexibility index (Phi) is 4.73. The SMILES string of the molecule is Cc1cc(F)ccc1C(N)C(=O)Nc1nc(C2=CCNC=C2)cs1. The summed E-state index contributed by atoms with van der Waals surface area (Å²) < 4.78 is 13.2. The van der Waals surface area contributed by atoms with Crippen molar-refractivity contribution in [1.82, 2.24) is 10.3 Å². The number of carbonyl (C=O) groups excluding carboxylic acids is 1. The highest BCUT2D eigenvalue weighted by Crippen LogP contribution is 2.24. The van der Waals surface area contributed by atoms with Crippen LogP contribution in [-0.4, -0.2) is 17.4 Å². The van der Waals surface area contributed by atoms with Gasteiger partial charge in [-0.05, 0) is 42.5 Å². The first-order chi connectivity index (χ1) is 11.5. The van der Waals surface area contributed by atoms with E-state index in [4.69, 9.17) is 5.73 Å². The van der Waals surface area contributed by atoms with E-state index in [0.29, 0.717) is 16.3 Å². The smallest absolute Gasteiger partial charge is 0.247 e. The number of amides is 1. The van der Waals surface area contributed by atoms with E-state index in [-0.39, 0.29) is 11.7 Å². The zero-order valence-corrected chi connectivity index (χ0v) is 13.9. The maximum Gasteiger partial charge on any atom is 0.247 e. The highest BCUT2D eigenvalue weighted by atomic mass is 32.1. The Morgan fingerprint density at radius 3 is 3.04 bits per heavy atom. The van der Waals surface area contributed by atoms with Crippen molar-refractivity contribution in [1.29, 1.82) is 0 Å². The van der Waals surface area contributed by atoms with Crippen molar-refractivity contribution in [2.75, 3.05) is 11.9 Å². The molecule has 0 fully saturated rings. The fourth-order valence-electron chi connectivity index (χ4n) is 2.42. The number of nitrogens with zero attached hydrogens (tertiary/aromatic N) is 1. The molecular weight excluding hydrogens is 327 g/mol. The van der Waals surface area contributed by atoms with Gasteiger partial charge in [-0.2, -0.15) is 0 Å². The minimum Gasteiger partial charge on any atom is -0.387 e. The predicted molar refractivity (Wildman–Crippen MR) is 93.9 cm³/mol. The molecule has 124 valence electrons. The molecule has 1 aliphatic rings. The van der Waals surface area contributed by atoms with Crippen LogP contribution < -0.4 is 16.4 Å². The van der Waals surface area contributed by atoms with Gasteiger partial charge in [0.25, 0.3) is 0 Å². The van der Waals surface area contributed by atoms with Gasteiger partial charge in [0.2, 0.25) is 5.91 Å². The van der Waals surface area contributed by atoms with Crippen molar-refractivity contribution in [3.63, 3.8) is 0 Å². The first-order valence-corrected chi connectivity index (χ1v) is 8.31. The normalized spacial score (nSPS) is 14.7. The molecule has 2 heterocycles. The summed E-state index contributed by atoms with van der Waals surface area (Å²) in [5, 5.41) is 8.16. The minimum atomic E-state index is -0.879. The molecule has 2 aromatic rings. The molecule has 0 spiro atoms. The minimum absolute atomic E-state index is 0.350. The van der Waals surface area contributed by atoms with Crippen LogP contribution in [0, 0.1) is 12.7 Å². The Morgan fingerprint density at radius 1 is 1.50 bits per heavy atom. The van der Waals surface area contributed by atoms with Crippen molar-refractivity contribution in [3.05, 3.63) is 64.6 Å². The zero-order chi connectivity index (χ0) is 17.1. The molecule has 1 aromatic heterocycles. The molecule has 0 aliphatic carbocycles. The van der Waals surface area contributed by atoms with E-state index in [0.717, 1.165) is 17.8 Å². The van der Waals surface area contributed by atoms with Crippen LogP contribution in [0.2, 0.25) is 0 Å². The predicted octanol–water partition coefficient (Wildman–Crippen LogP) is 2.73. The number of nitrogens with two attached hydrogens (primary N) is 1. The van der Waals surface area contributed by atoms with Gasteiger partial charge < -0.3 is 16.4 Å². The molecule has 0 bridgehead atoms. The van der Waals surface area contributed by atoms with E-state index < -0.39 is 6.04 Å². The number of hydrogen-bond acceptors (Lipinski definition) is 5. The lowest BCUT2D eigenvalue weighted by Gasteiger charge is -2.13. The van der Waals surface area contributed by atoms with Crippen LogP contribution in [0.25, 0.3) is 5.57 Å². The number of halogens is 1. The maximum absolute atomic E-state index is 13.2. The molecule has 1 unspecified atom stereocenters. The number of carbonyl (C=O) groups is 1. The van der Waals surface area contributed by atoms with Gasteiger partial charge in [-0.25, -0.2) is 9.37 Å². The summed E-state index contributed by atoms with van der Waals surface area (Å²) in [7, 11) is 0. The largest absolute Gasteiger partial charge is 0.387 e. The Bertz CT molecular complexity index is 828. The Morgan fingerprint density at radius 2 is 2.33 bits per heavy atom. The quantitative estimate of drug-likeness (QED) is 0.797. The van der Waals surface area contributed by atoms with Crippen LogP contribution >= 0.6 is 11.3 Å². The summed E-state index contributed by atoms with van der Waals surface area (Å²) in [6.07, 6.45) is 5.81. The maximum atomic E-state index is 13.2. The van der Waals surface area contributed by atoms with Gasteiger partial charge in [-0.15, -0.1) is 11.3 Å². The Labute approximate surface area is 143 Å². The number of hydrogen-bond donors (Lipinski definition) is 3. The molecule has 3 rings (SSSR count). The fourth-order valence-corrected chi connectivity index (χ4v) is 3.14. The van der Waals surface area contributed by atoms with Crippen LogP contribution in [0.4, 0.5) is 9.52 Å². The first kappa shape index (κ1) is 16.4. The van der Waals surface area contributed by atoms with Gasteiger partial charge in [0.15, 0.2) is 5.13 Å². The summed E-state index contributed by atoms with van der Waals surface area (Å²) in [6.45, 7) is 2.47. The second-order valence-corrected chi connectivity index (χ2v) is 6.26. The summed E-state index contributed by atoms with van der Waals surface area (Å²) >= 11 is 1.34. The number of dihydropyridines is 1. The number of aromatic nitrogens is 1. The van der Waals surface area contributed by atoms with Crippen LogP contribution in [0.5, 0.6) is 0 Å². The van der Waals surface area contributed by atoms with Gasteiger partial charge in [-0.3, -0.25) is 4.79 Å². The molecule has 4 N–H and O–H groups in total. The van der Waals surface area contributed by atoms with E-state index in [9.17, 15) is 9.18 Å².